The van der Waals surface area contributed by atoms with Crippen molar-refractivity contribution in [2.45, 2.75) is 72.8 Å². The molecule has 1 heterocycles. The molecular weight excluding hydrogens is 356 g/mol. The Morgan fingerprint density at radius 1 is 1.11 bits per heavy atom. The molecule has 156 valence electrons. The Bertz CT molecular complexity index is 729. The molecule has 6 nitrogen and oxygen atoms in total. The second-order valence-corrected chi connectivity index (χ2v) is 7.69. The molecule has 1 fully saturated rings. The first-order chi connectivity index (χ1) is 13.4. The number of Topliss-reactive ketones (excluding diaryl/α,β-unsaturated/α-hetero) is 1. The first-order valence-electron chi connectivity index (χ1n) is 10.5. The molecular formula is C22H34N2O4. The number of ketones is 1. The molecule has 0 bridgehead atoms. The average Bonchev–Trinajstić information content (AvgIpc) is 2.96. The van der Waals surface area contributed by atoms with Gasteiger partial charge in [-0.1, -0.05) is 26.2 Å². The zero-order valence-corrected chi connectivity index (χ0v) is 18.0. The summed E-state index contributed by atoms with van der Waals surface area (Å²) in [5, 5.41) is 0. The number of hydrogen-bond donors (Lipinski definition) is 0. The Balaban J connectivity index is 2.29. The summed E-state index contributed by atoms with van der Waals surface area (Å²) in [5.74, 6) is -0.398. The number of ether oxygens (including phenoxy) is 1. The number of amides is 1. The topological polar surface area (TPSA) is 68.6 Å². The fourth-order valence-corrected chi connectivity index (χ4v) is 4.46. The summed E-state index contributed by atoms with van der Waals surface area (Å²) >= 11 is 0. The van der Waals surface area contributed by atoms with Crippen molar-refractivity contribution in [1.82, 2.24) is 9.47 Å². The molecule has 1 aliphatic carbocycles. The summed E-state index contributed by atoms with van der Waals surface area (Å²) in [4.78, 5) is 40.1. The molecule has 0 atom stereocenters. The van der Waals surface area contributed by atoms with Crippen molar-refractivity contribution in [2.24, 2.45) is 5.92 Å². The normalized spacial score (nSPS) is 14.8. The third-order valence-electron chi connectivity index (χ3n) is 5.83. The molecule has 0 saturated heterocycles. The molecule has 0 N–H and O–H groups in total. The molecule has 1 amide bonds. The summed E-state index contributed by atoms with van der Waals surface area (Å²) in [7, 11) is 1.34. The molecule has 1 aromatic heterocycles. The van der Waals surface area contributed by atoms with Crippen LogP contribution in [0.4, 0.5) is 0 Å². The molecule has 0 aromatic carbocycles. The van der Waals surface area contributed by atoms with Crippen molar-refractivity contribution in [2.75, 3.05) is 20.2 Å². The summed E-state index contributed by atoms with van der Waals surface area (Å²) in [6.45, 7) is 8.81. The SMILES string of the molecule is CCCN(CC(=O)c1c(C)c(C(=O)OC)n(CC)c1C)C(=O)C1CCCCC1. The van der Waals surface area contributed by atoms with Crippen LogP contribution in [0.2, 0.25) is 0 Å². The first-order valence-corrected chi connectivity index (χ1v) is 10.5. The van der Waals surface area contributed by atoms with Crippen LogP contribution in [0.25, 0.3) is 0 Å². The summed E-state index contributed by atoms with van der Waals surface area (Å²) < 4.78 is 6.73. The molecule has 1 aromatic rings. The van der Waals surface area contributed by atoms with Gasteiger partial charge in [0.05, 0.1) is 13.7 Å². The van der Waals surface area contributed by atoms with E-state index in [1.165, 1.54) is 13.5 Å². The van der Waals surface area contributed by atoms with E-state index >= 15 is 0 Å². The summed E-state index contributed by atoms with van der Waals surface area (Å²) in [5.41, 5.74) is 2.36. The van der Waals surface area contributed by atoms with Gasteiger partial charge in [0.2, 0.25) is 5.91 Å². The second kappa shape index (κ2) is 9.89. The van der Waals surface area contributed by atoms with E-state index in [1.54, 1.807) is 11.8 Å². The Kier molecular flexibility index (Phi) is 7.84. The quantitative estimate of drug-likeness (QED) is 0.498. The van der Waals surface area contributed by atoms with E-state index < -0.39 is 5.97 Å². The van der Waals surface area contributed by atoms with Crippen LogP contribution in [-0.2, 0) is 16.1 Å². The third kappa shape index (κ3) is 4.47. The number of carbonyl (C=O) groups excluding carboxylic acids is 3. The van der Waals surface area contributed by atoms with E-state index in [1.807, 2.05) is 25.3 Å². The largest absolute Gasteiger partial charge is 0.464 e. The van der Waals surface area contributed by atoms with E-state index in [2.05, 4.69) is 0 Å². The highest BCUT2D eigenvalue weighted by atomic mass is 16.5. The molecule has 0 aliphatic heterocycles. The van der Waals surface area contributed by atoms with Gasteiger partial charge in [0, 0.05) is 30.3 Å². The number of nitrogens with zero attached hydrogens (tertiary/aromatic N) is 2. The molecule has 6 heteroatoms. The van der Waals surface area contributed by atoms with Crippen LogP contribution < -0.4 is 0 Å². The Morgan fingerprint density at radius 3 is 2.29 bits per heavy atom. The smallest absolute Gasteiger partial charge is 0.354 e. The lowest BCUT2D eigenvalue weighted by Crippen LogP contribution is -2.41. The van der Waals surface area contributed by atoms with Crippen LogP contribution in [0, 0.1) is 19.8 Å². The van der Waals surface area contributed by atoms with E-state index in [4.69, 9.17) is 4.74 Å². The Labute approximate surface area is 168 Å². The third-order valence-corrected chi connectivity index (χ3v) is 5.83. The van der Waals surface area contributed by atoms with Gasteiger partial charge >= 0.3 is 5.97 Å². The Hall–Kier alpha value is -2.11. The van der Waals surface area contributed by atoms with E-state index in [9.17, 15) is 14.4 Å². The van der Waals surface area contributed by atoms with Crippen LogP contribution in [-0.4, -0.2) is 47.3 Å². The molecule has 2 rings (SSSR count). The van der Waals surface area contributed by atoms with Crippen molar-refractivity contribution in [3.05, 3.63) is 22.5 Å². The van der Waals surface area contributed by atoms with E-state index in [0.29, 0.717) is 29.9 Å². The van der Waals surface area contributed by atoms with Gasteiger partial charge in [-0.05, 0) is 45.6 Å². The molecule has 28 heavy (non-hydrogen) atoms. The number of hydrogen-bond acceptors (Lipinski definition) is 4. The predicted molar refractivity (Wildman–Crippen MR) is 109 cm³/mol. The van der Waals surface area contributed by atoms with Gasteiger partial charge in [-0.2, -0.15) is 0 Å². The van der Waals surface area contributed by atoms with Crippen molar-refractivity contribution < 1.29 is 19.1 Å². The van der Waals surface area contributed by atoms with Gasteiger partial charge in [0.25, 0.3) is 0 Å². The van der Waals surface area contributed by atoms with Crippen LogP contribution in [0.3, 0.4) is 0 Å². The molecule has 0 spiro atoms. The number of methoxy groups -OCH3 is 1. The highest BCUT2D eigenvalue weighted by Crippen LogP contribution is 2.27. The van der Waals surface area contributed by atoms with Gasteiger partial charge in [-0.25, -0.2) is 4.79 Å². The van der Waals surface area contributed by atoms with E-state index in [-0.39, 0.29) is 24.2 Å². The predicted octanol–water partition coefficient (Wildman–Crippen LogP) is 3.91. The lowest BCUT2D eigenvalue weighted by molar-refractivity contribution is -0.136. The monoisotopic (exact) mass is 390 g/mol. The molecule has 1 saturated carbocycles. The van der Waals surface area contributed by atoms with Crippen molar-refractivity contribution in [1.29, 1.82) is 0 Å². The second-order valence-electron chi connectivity index (χ2n) is 7.69. The number of esters is 1. The van der Waals surface area contributed by atoms with Gasteiger partial charge in [0.1, 0.15) is 5.69 Å². The maximum Gasteiger partial charge on any atom is 0.354 e. The average molecular weight is 391 g/mol. The minimum atomic E-state index is -0.440. The minimum Gasteiger partial charge on any atom is -0.464 e. The first kappa shape index (κ1) is 22.2. The van der Waals surface area contributed by atoms with Gasteiger partial charge in [-0.15, -0.1) is 0 Å². The van der Waals surface area contributed by atoms with Crippen molar-refractivity contribution >= 4 is 17.7 Å². The fourth-order valence-electron chi connectivity index (χ4n) is 4.46. The number of carbonyl (C=O) groups is 3. The molecule has 0 radical (unpaired) electrons. The summed E-state index contributed by atoms with van der Waals surface area (Å²) in [6.07, 6.45) is 6.02. The lowest BCUT2D eigenvalue weighted by atomic mass is 9.88. The van der Waals surface area contributed by atoms with Crippen LogP contribution >= 0.6 is 0 Å². The number of rotatable bonds is 8. The van der Waals surface area contributed by atoms with Crippen LogP contribution in [0.5, 0.6) is 0 Å². The number of aromatic nitrogens is 1. The van der Waals surface area contributed by atoms with Gasteiger partial charge < -0.3 is 14.2 Å². The maximum absolute atomic E-state index is 13.2. The van der Waals surface area contributed by atoms with Gasteiger partial charge in [0.15, 0.2) is 5.78 Å². The van der Waals surface area contributed by atoms with Crippen LogP contribution in [0.1, 0.15) is 84.5 Å². The fraction of sp³-hybridized carbons (Fsp3) is 0.682. The van der Waals surface area contributed by atoms with Gasteiger partial charge in [-0.3, -0.25) is 9.59 Å². The molecule has 0 unspecified atom stereocenters. The standard InChI is InChI=1S/C22H34N2O4/c1-6-13-23(21(26)17-11-9-8-10-12-17)14-18(25)19-15(3)20(22(27)28-5)24(7-2)16(19)4/h17H,6-14H2,1-5H3. The molecule has 1 aliphatic rings. The highest BCUT2D eigenvalue weighted by Gasteiger charge is 2.30. The summed E-state index contributed by atoms with van der Waals surface area (Å²) in [6, 6.07) is 0. The zero-order chi connectivity index (χ0) is 20.8. The maximum atomic E-state index is 13.2. The van der Waals surface area contributed by atoms with E-state index in [0.717, 1.165) is 37.8 Å². The zero-order valence-electron chi connectivity index (χ0n) is 18.0. The van der Waals surface area contributed by atoms with Crippen molar-refractivity contribution in [3.63, 3.8) is 0 Å². The highest BCUT2D eigenvalue weighted by molar-refractivity contribution is 6.04. The van der Waals surface area contributed by atoms with Crippen molar-refractivity contribution in [3.8, 4) is 0 Å². The minimum absolute atomic E-state index is 0.0427. The van der Waals surface area contributed by atoms with Crippen LogP contribution in [0.15, 0.2) is 0 Å². The lowest BCUT2D eigenvalue weighted by Gasteiger charge is -2.28. The Morgan fingerprint density at radius 2 is 1.75 bits per heavy atom.